The fourth-order valence-electron chi connectivity index (χ4n) is 0.930. The van der Waals surface area contributed by atoms with E-state index in [0.29, 0.717) is 0 Å². The van der Waals surface area contributed by atoms with Gasteiger partial charge in [0.2, 0.25) is 0 Å². The molecule has 1 rings (SSSR count). The zero-order chi connectivity index (χ0) is 10.1. The van der Waals surface area contributed by atoms with Gasteiger partial charge in [0.15, 0.2) is 5.60 Å². The summed E-state index contributed by atoms with van der Waals surface area (Å²) >= 11 is 0. The fraction of sp³-hybridized carbons (Fsp3) is 0.286. The average Bonchev–Trinajstić information content (AvgIpc) is 2.04. The summed E-state index contributed by atoms with van der Waals surface area (Å²) in [4.78, 5) is 25.0. The number of amides is 2. The minimum Gasteiger partial charge on any atom is -0.375 e. The molecule has 0 aliphatic carbocycles. The fourth-order valence-corrected chi connectivity index (χ4v) is 0.930. The molecule has 1 heterocycles. The van der Waals surface area contributed by atoms with E-state index in [1.54, 1.807) is 0 Å². The molecule has 1 unspecified atom stereocenters. The maximum Gasteiger partial charge on any atom is 0.263 e. The van der Waals surface area contributed by atoms with Crippen LogP contribution in [0.15, 0.2) is 17.3 Å². The minimum absolute atomic E-state index is 0.0659. The smallest absolute Gasteiger partial charge is 0.263 e. The topological polar surface area (TPSA) is 119 Å². The van der Waals surface area contributed by atoms with E-state index in [1.807, 2.05) is 0 Å². The largest absolute Gasteiger partial charge is 0.375 e. The molecule has 0 aromatic rings. The predicted octanol–water partition coefficient (Wildman–Crippen LogP) is -1.95. The number of aliphatic imine (C=N–C) groups is 1. The lowest BCUT2D eigenvalue weighted by atomic mass is 9.94. The van der Waals surface area contributed by atoms with E-state index in [4.69, 9.17) is 11.5 Å². The molecule has 0 aromatic carbocycles. The predicted molar refractivity (Wildman–Crippen MR) is 44.5 cm³/mol. The summed E-state index contributed by atoms with van der Waals surface area (Å²) < 4.78 is 0. The first-order valence-electron chi connectivity index (χ1n) is 3.52. The Kier molecular flexibility index (Phi) is 2.16. The van der Waals surface area contributed by atoms with Crippen LogP contribution in [0.1, 0.15) is 6.42 Å². The SMILES string of the molecule is NC(=O)C1=NC=CC(O)(C(N)=O)C1. The highest BCUT2D eigenvalue weighted by Crippen LogP contribution is 2.17. The molecule has 70 valence electrons. The summed E-state index contributed by atoms with van der Waals surface area (Å²) in [5, 5.41) is 9.52. The molecule has 1 aliphatic heterocycles. The maximum atomic E-state index is 10.8. The van der Waals surface area contributed by atoms with Gasteiger partial charge in [0.1, 0.15) is 5.71 Å². The van der Waals surface area contributed by atoms with Crippen LogP contribution in [0.3, 0.4) is 0 Å². The maximum absolute atomic E-state index is 10.8. The van der Waals surface area contributed by atoms with Crippen LogP contribution in [0.25, 0.3) is 0 Å². The molecule has 0 radical (unpaired) electrons. The van der Waals surface area contributed by atoms with E-state index < -0.39 is 17.4 Å². The van der Waals surface area contributed by atoms with Gasteiger partial charge in [0.05, 0.1) is 0 Å². The van der Waals surface area contributed by atoms with Gasteiger partial charge in [-0.2, -0.15) is 0 Å². The van der Waals surface area contributed by atoms with Crippen molar-refractivity contribution in [2.75, 3.05) is 0 Å². The second-order valence-electron chi connectivity index (χ2n) is 2.72. The van der Waals surface area contributed by atoms with Crippen molar-refractivity contribution in [1.29, 1.82) is 0 Å². The molecule has 6 heteroatoms. The van der Waals surface area contributed by atoms with Gasteiger partial charge in [-0.1, -0.05) is 0 Å². The summed E-state index contributed by atoms with van der Waals surface area (Å²) in [6, 6.07) is 0. The lowest BCUT2D eigenvalue weighted by Crippen LogP contribution is -2.46. The normalized spacial score (nSPS) is 26.7. The van der Waals surface area contributed by atoms with Crippen molar-refractivity contribution < 1.29 is 14.7 Å². The minimum atomic E-state index is -1.84. The molecule has 0 fully saturated rings. The molecule has 0 saturated heterocycles. The number of hydrogen-bond donors (Lipinski definition) is 3. The van der Waals surface area contributed by atoms with Gasteiger partial charge >= 0.3 is 0 Å². The first-order valence-corrected chi connectivity index (χ1v) is 3.52. The molecule has 6 nitrogen and oxygen atoms in total. The summed E-state index contributed by atoms with van der Waals surface area (Å²) in [5.41, 5.74) is 7.93. The van der Waals surface area contributed by atoms with E-state index in [2.05, 4.69) is 4.99 Å². The molecule has 5 N–H and O–H groups in total. The second-order valence-corrected chi connectivity index (χ2v) is 2.72. The zero-order valence-electron chi connectivity index (χ0n) is 6.73. The highest BCUT2D eigenvalue weighted by atomic mass is 16.3. The first-order chi connectivity index (χ1) is 5.96. The number of primary amides is 2. The quantitative estimate of drug-likeness (QED) is 0.461. The molecular formula is C7H9N3O3. The molecule has 1 atom stereocenters. The lowest BCUT2D eigenvalue weighted by molar-refractivity contribution is -0.131. The lowest BCUT2D eigenvalue weighted by Gasteiger charge is -2.22. The Hall–Kier alpha value is -1.69. The number of hydrogen-bond acceptors (Lipinski definition) is 4. The summed E-state index contributed by atoms with van der Waals surface area (Å²) in [6.45, 7) is 0. The van der Waals surface area contributed by atoms with Crippen LogP contribution in [0, 0.1) is 0 Å². The van der Waals surface area contributed by atoms with Crippen molar-refractivity contribution in [3.63, 3.8) is 0 Å². The number of aliphatic hydroxyl groups is 1. The molecular weight excluding hydrogens is 174 g/mol. The Morgan fingerprint density at radius 3 is 2.62 bits per heavy atom. The van der Waals surface area contributed by atoms with Crippen LogP contribution >= 0.6 is 0 Å². The van der Waals surface area contributed by atoms with Crippen LogP contribution in [0.5, 0.6) is 0 Å². The number of nitrogens with zero attached hydrogens (tertiary/aromatic N) is 1. The van der Waals surface area contributed by atoms with Crippen molar-refractivity contribution in [3.8, 4) is 0 Å². The second kappa shape index (κ2) is 2.98. The van der Waals surface area contributed by atoms with E-state index in [1.165, 1.54) is 0 Å². The zero-order valence-corrected chi connectivity index (χ0v) is 6.73. The monoisotopic (exact) mass is 183 g/mol. The van der Waals surface area contributed by atoms with Crippen molar-refractivity contribution in [3.05, 3.63) is 12.3 Å². The highest BCUT2D eigenvalue weighted by molar-refractivity contribution is 6.39. The first kappa shape index (κ1) is 9.40. The number of rotatable bonds is 2. The van der Waals surface area contributed by atoms with E-state index in [-0.39, 0.29) is 12.1 Å². The molecule has 0 saturated carbocycles. The number of carbonyl (C=O) groups excluding carboxylic acids is 2. The third-order valence-corrected chi connectivity index (χ3v) is 1.73. The Morgan fingerprint density at radius 2 is 2.15 bits per heavy atom. The number of carbonyl (C=O) groups is 2. The van der Waals surface area contributed by atoms with Crippen molar-refractivity contribution in [2.45, 2.75) is 12.0 Å². The number of nitrogens with two attached hydrogens (primary N) is 2. The van der Waals surface area contributed by atoms with Gasteiger partial charge in [0, 0.05) is 12.6 Å². The molecule has 0 aromatic heterocycles. The van der Waals surface area contributed by atoms with Crippen LogP contribution in [-0.2, 0) is 9.59 Å². The van der Waals surface area contributed by atoms with E-state index >= 15 is 0 Å². The third kappa shape index (κ3) is 1.73. The van der Waals surface area contributed by atoms with Gasteiger partial charge in [0.25, 0.3) is 11.8 Å². The summed E-state index contributed by atoms with van der Waals surface area (Å²) in [7, 11) is 0. The molecule has 2 amide bonds. The Bertz CT molecular complexity index is 321. The molecule has 0 spiro atoms. The highest BCUT2D eigenvalue weighted by Gasteiger charge is 2.35. The molecule has 13 heavy (non-hydrogen) atoms. The van der Waals surface area contributed by atoms with Gasteiger partial charge in [-0.25, -0.2) is 0 Å². The summed E-state index contributed by atoms with van der Waals surface area (Å²) in [6.07, 6.45) is 1.99. The van der Waals surface area contributed by atoms with Crippen molar-refractivity contribution in [1.82, 2.24) is 0 Å². The standard InChI is InChI=1S/C7H9N3O3/c8-5(11)4-3-7(13,6(9)12)1-2-10-4/h1-2,13H,3H2,(H2,8,11)(H2,9,12). The van der Waals surface area contributed by atoms with Crippen LogP contribution in [-0.4, -0.2) is 28.2 Å². The van der Waals surface area contributed by atoms with Crippen LogP contribution in [0.4, 0.5) is 0 Å². The van der Waals surface area contributed by atoms with Crippen LogP contribution < -0.4 is 11.5 Å². The van der Waals surface area contributed by atoms with Gasteiger partial charge in [-0.05, 0) is 6.08 Å². The van der Waals surface area contributed by atoms with Crippen molar-refractivity contribution in [2.24, 2.45) is 16.5 Å². The van der Waals surface area contributed by atoms with Gasteiger partial charge in [-0.3, -0.25) is 14.6 Å². The van der Waals surface area contributed by atoms with Crippen molar-refractivity contribution >= 4 is 17.5 Å². The molecule has 1 aliphatic rings. The van der Waals surface area contributed by atoms with E-state index in [9.17, 15) is 14.7 Å². The summed E-state index contributed by atoms with van der Waals surface area (Å²) in [5.74, 6) is -1.71. The third-order valence-electron chi connectivity index (χ3n) is 1.73. The Morgan fingerprint density at radius 1 is 1.54 bits per heavy atom. The Balaban J connectivity index is 2.92. The molecule has 0 bridgehead atoms. The van der Waals surface area contributed by atoms with Gasteiger partial charge in [-0.15, -0.1) is 0 Å². The Labute approximate surface area is 73.9 Å². The van der Waals surface area contributed by atoms with Crippen LogP contribution in [0.2, 0.25) is 0 Å². The average molecular weight is 183 g/mol. The van der Waals surface area contributed by atoms with Gasteiger partial charge < -0.3 is 16.6 Å². The van der Waals surface area contributed by atoms with E-state index in [0.717, 1.165) is 12.3 Å².